The molecule has 1 rings (SSSR count). The van der Waals surface area contributed by atoms with E-state index in [4.69, 9.17) is 9.84 Å². The molecule has 0 spiro atoms. The first-order valence-electron chi connectivity index (χ1n) is 3.75. The van der Waals surface area contributed by atoms with Gasteiger partial charge < -0.3 is 9.84 Å². The molecule has 3 nitrogen and oxygen atoms in total. The summed E-state index contributed by atoms with van der Waals surface area (Å²) in [4.78, 5) is 10.9. The summed E-state index contributed by atoms with van der Waals surface area (Å²) >= 11 is 3.25. The van der Waals surface area contributed by atoms with Crippen molar-refractivity contribution in [1.29, 1.82) is 0 Å². The number of rotatable bonds is 2. The highest BCUT2D eigenvalue weighted by molar-refractivity contribution is 9.10. The zero-order valence-corrected chi connectivity index (χ0v) is 8.61. The minimum Gasteiger partial charge on any atom is -0.425 e. The van der Waals surface area contributed by atoms with E-state index in [9.17, 15) is 4.79 Å². The number of ether oxygens (including phenoxy) is 1. The molecule has 0 heterocycles. The Morgan fingerprint density at radius 3 is 2.46 bits per heavy atom. The lowest BCUT2D eigenvalue weighted by Crippen LogP contribution is -2.21. The van der Waals surface area contributed by atoms with Gasteiger partial charge in [-0.15, -0.1) is 0 Å². The maximum atomic E-state index is 10.9. The van der Waals surface area contributed by atoms with Crippen LogP contribution in [0.2, 0.25) is 0 Å². The van der Waals surface area contributed by atoms with Gasteiger partial charge in [0, 0.05) is 4.47 Å². The summed E-state index contributed by atoms with van der Waals surface area (Å²) in [5, 5.41) is 8.85. The Bertz CT molecular complexity index is 292. The Morgan fingerprint density at radius 2 is 2.00 bits per heavy atom. The molecular formula is C9H9BrO3. The Labute approximate surface area is 84.5 Å². The van der Waals surface area contributed by atoms with E-state index in [0.29, 0.717) is 5.75 Å². The standard InChI is InChI=1S/C9H9BrO3/c1-6(11)9(12)13-8-4-2-7(10)3-5-8/h2-6,11H,1H3/t6-/m0/s1. The summed E-state index contributed by atoms with van der Waals surface area (Å²) in [5.41, 5.74) is 0. The molecule has 0 aliphatic rings. The lowest BCUT2D eigenvalue weighted by molar-refractivity contribution is -0.142. The number of carbonyl (C=O) groups is 1. The predicted octanol–water partition coefficient (Wildman–Crippen LogP) is 1.74. The topological polar surface area (TPSA) is 46.5 Å². The van der Waals surface area contributed by atoms with Gasteiger partial charge in [-0.1, -0.05) is 15.9 Å². The predicted molar refractivity (Wildman–Crippen MR) is 51.5 cm³/mol. The largest absolute Gasteiger partial charge is 0.425 e. The first-order valence-corrected chi connectivity index (χ1v) is 4.54. The molecule has 0 aliphatic heterocycles. The average Bonchev–Trinajstić information content (AvgIpc) is 2.08. The monoisotopic (exact) mass is 244 g/mol. The van der Waals surface area contributed by atoms with Crippen LogP contribution in [0.4, 0.5) is 0 Å². The van der Waals surface area contributed by atoms with E-state index < -0.39 is 12.1 Å². The summed E-state index contributed by atoms with van der Waals surface area (Å²) in [6.45, 7) is 1.36. The summed E-state index contributed by atoms with van der Waals surface area (Å²) in [6, 6.07) is 6.80. The molecule has 1 aromatic rings. The molecule has 1 aromatic carbocycles. The molecular weight excluding hydrogens is 236 g/mol. The van der Waals surface area contributed by atoms with Crippen LogP contribution in [-0.4, -0.2) is 17.2 Å². The number of benzene rings is 1. The molecule has 13 heavy (non-hydrogen) atoms. The lowest BCUT2D eigenvalue weighted by atomic mass is 10.3. The van der Waals surface area contributed by atoms with Crippen LogP contribution >= 0.6 is 15.9 Å². The molecule has 70 valence electrons. The van der Waals surface area contributed by atoms with E-state index in [-0.39, 0.29) is 0 Å². The van der Waals surface area contributed by atoms with Crippen LogP contribution in [0.5, 0.6) is 5.75 Å². The van der Waals surface area contributed by atoms with Crippen LogP contribution in [0.15, 0.2) is 28.7 Å². The van der Waals surface area contributed by atoms with Gasteiger partial charge >= 0.3 is 5.97 Å². The molecule has 0 unspecified atom stereocenters. The highest BCUT2D eigenvalue weighted by Gasteiger charge is 2.10. The third kappa shape index (κ3) is 3.16. The zero-order valence-electron chi connectivity index (χ0n) is 7.03. The minimum atomic E-state index is -1.09. The van der Waals surface area contributed by atoms with Crippen molar-refractivity contribution in [2.75, 3.05) is 0 Å². The quantitative estimate of drug-likeness (QED) is 0.637. The molecule has 0 aromatic heterocycles. The van der Waals surface area contributed by atoms with Crippen LogP contribution in [0.1, 0.15) is 6.92 Å². The molecule has 0 radical (unpaired) electrons. The third-order valence-electron chi connectivity index (χ3n) is 1.37. The summed E-state index contributed by atoms with van der Waals surface area (Å²) in [5.74, 6) is -0.226. The Hall–Kier alpha value is -0.870. The highest BCUT2D eigenvalue weighted by atomic mass is 79.9. The Kier molecular flexibility index (Phi) is 3.45. The van der Waals surface area contributed by atoms with Crippen molar-refractivity contribution in [2.24, 2.45) is 0 Å². The number of esters is 1. The van der Waals surface area contributed by atoms with Crippen molar-refractivity contribution < 1.29 is 14.6 Å². The molecule has 0 bridgehead atoms. The second kappa shape index (κ2) is 4.39. The lowest BCUT2D eigenvalue weighted by Gasteiger charge is -2.05. The van der Waals surface area contributed by atoms with E-state index >= 15 is 0 Å². The number of carbonyl (C=O) groups excluding carboxylic acids is 1. The van der Waals surface area contributed by atoms with Crippen molar-refractivity contribution in [2.45, 2.75) is 13.0 Å². The molecule has 0 saturated heterocycles. The normalized spacial score (nSPS) is 12.2. The van der Waals surface area contributed by atoms with Crippen molar-refractivity contribution in [3.8, 4) is 5.75 Å². The maximum absolute atomic E-state index is 10.9. The van der Waals surface area contributed by atoms with Gasteiger partial charge in [0.1, 0.15) is 11.9 Å². The first kappa shape index (κ1) is 10.2. The first-order chi connectivity index (χ1) is 6.09. The second-order valence-electron chi connectivity index (χ2n) is 2.55. The summed E-state index contributed by atoms with van der Waals surface area (Å²) < 4.78 is 5.73. The van der Waals surface area contributed by atoms with Crippen LogP contribution < -0.4 is 4.74 Å². The van der Waals surface area contributed by atoms with E-state index in [1.54, 1.807) is 24.3 Å². The molecule has 0 saturated carbocycles. The fraction of sp³-hybridized carbons (Fsp3) is 0.222. The van der Waals surface area contributed by atoms with Gasteiger partial charge in [0.05, 0.1) is 0 Å². The summed E-state index contributed by atoms with van der Waals surface area (Å²) in [7, 11) is 0. The zero-order chi connectivity index (χ0) is 9.84. The molecule has 0 fully saturated rings. The maximum Gasteiger partial charge on any atom is 0.340 e. The van der Waals surface area contributed by atoms with Crippen molar-refractivity contribution >= 4 is 21.9 Å². The number of hydrogen-bond acceptors (Lipinski definition) is 3. The molecule has 4 heteroatoms. The second-order valence-corrected chi connectivity index (χ2v) is 3.47. The number of hydrogen-bond donors (Lipinski definition) is 1. The van der Waals surface area contributed by atoms with Gasteiger partial charge in [-0.05, 0) is 31.2 Å². The van der Waals surface area contributed by atoms with Gasteiger partial charge in [0.15, 0.2) is 0 Å². The highest BCUT2D eigenvalue weighted by Crippen LogP contribution is 2.16. The van der Waals surface area contributed by atoms with E-state index in [0.717, 1.165) is 4.47 Å². The van der Waals surface area contributed by atoms with Crippen LogP contribution in [-0.2, 0) is 4.79 Å². The van der Waals surface area contributed by atoms with Crippen molar-refractivity contribution in [3.63, 3.8) is 0 Å². The smallest absolute Gasteiger partial charge is 0.340 e. The van der Waals surface area contributed by atoms with Gasteiger partial charge in [-0.25, -0.2) is 4.79 Å². The van der Waals surface area contributed by atoms with Gasteiger partial charge in [-0.2, -0.15) is 0 Å². The SMILES string of the molecule is C[C@H](O)C(=O)Oc1ccc(Br)cc1. The average molecular weight is 245 g/mol. The van der Waals surface area contributed by atoms with Crippen molar-refractivity contribution in [1.82, 2.24) is 0 Å². The third-order valence-corrected chi connectivity index (χ3v) is 1.90. The fourth-order valence-electron chi connectivity index (χ4n) is 0.704. The van der Waals surface area contributed by atoms with E-state index in [1.165, 1.54) is 6.92 Å². The van der Waals surface area contributed by atoms with Gasteiger partial charge in [-0.3, -0.25) is 0 Å². The van der Waals surface area contributed by atoms with Gasteiger partial charge in [0.2, 0.25) is 0 Å². The molecule has 0 amide bonds. The summed E-state index contributed by atoms with van der Waals surface area (Å²) in [6.07, 6.45) is -1.09. The number of halogens is 1. The Morgan fingerprint density at radius 1 is 1.46 bits per heavy atom. The van der Waals surface area contributed by atoms with Gasteiger partial charge in [0.25, 0.3) is 0 Å². The molecule has 1 N–H and O–H groups in total. The van der Waals surface area contributed by atoms with Crippen LogP contribution in [0.3, 0.4) is 0 Å². The van der Waals surface area contributed by atoms with Crippen LogP contribution in [0, 0.1) is 0 Å². The Balaban J connectivity index is 2.65. The number of aliphatic hydroxyl groups excluding tert-OH is 1. The molecule has 0 aliphatic carbocycles. The molecule has 1 atom stereocenters. The fourth-order valence-corrected chi connectivity index (χ4v) is 0.968. The minimum absolute atomic E-state index is 0.425. The van der Waals surface area contributed by atoms with Crippen LogP contribution in [0.25, 0.3) is 0 Å². The van der Waals surface area contributed by atoms with E-state index in [1.807, 2.05) is 0 Å². The van der Waals surface area contributed by atoms with E-state index in [2.05, 4.69) is 15.9 Å². The van der Waals surface area contributed by atoms with Crippen molar-refractivity contribution in [3.05, 3.63) is 28.7 Å². The number of aliphatic hydroxyl groups is 1.